The van der Waals surface area contributed by atoms with Crippen molar-refractivity contribution in [2.75, 3.05) is 7.11 Å². The lowest BCUT2D eigenvalue weighted by Gasteiger charge is -2.16. The molecule has 4 rings (SSSR count). The molecule has 1 aromatic heterocycles. The van der Waals surface area contributed by atoms with Crippen LogP contribution in [0, 0.1) is 13.8 Å². The molecule has 29 heavy (non-hydrogen) atoms. The van der Waals surface area contributed by atoms with Crippen molar-refractivity contribution in [3.8, 4) is 28.2 Å². The Hall–Kier alpha value is -3.66. The zero-order chi connectivity index (χ0) is 20.4. The van der Waals surface area contributed by atoms with Gasteiger partial charge >= 0.3 is 5.97 Å². The molecule has 4 heteroatoms. The first-order valence-electron chi connectivity index (χ1n) is 9.48. The molecule has 0 unspecified atom stereocenters. The minimum Gasteiger partial charge on any atom is -0.464 e. The van der Waals surface area contributed by atoms with Gasteiger partial charge in [-0.05, 0) is 48.2 Å². The van der Waals surface area contributed by atoms with Crippen LogP contribution in [0.25, 0.3) is 28.2 Å². The molecule has 0 saturated carbocycles. The van der Waals surface area contributed by atoms with Gasteiger partial charge in [0.15, 0.2) is 5.69 Å². The molecule has 4 aromatic rings. The number of aryl methyl sites for hydroxylation is 2. The predicted octanol–water partition coefficient (Wildman–Crippen LogP) is 5.61. The molecule has 0 spiro atoms. The van der Waals surface area contributed by atoms with Crippen LogP contribution in [0.3, 0.4) is 0 Å². The van der Waals surface area contributed by atoms with Crippen LogP contribution >= 0.6 is 0 Å². The lowest BCUT2D eigenvalue weighted by molar-refractivity contribution is 0.0594. The van der Waals surface area contributed by atoms with Gasteiger partial charge in [0.1, 0.15) is 5.82 Å². The van der Waals surface area contributed by atoms with Crippen LogP contribution in [0.15, 0.2) is 79.0 Å². The summed E-state index contributed by atoms with van der Waals surface area (Å²) in [6, 6.07) is 24.5. The van der Waals surface area contributed by atoms with E-state index >= 15 is 0 Å². The van der Waals surface area contributed by atoms with E-state index in [1.807, 2.05) is 53.1 Å². The van der Waals surface area contributed by atoms with Crippen LogP contribution in [0.4, 0.5) is 0 Å². The normalized spacial score (nSPS) is 10.7. The number of methoxy groups -OCH3 is 1. The molecule has 4 nitrogen and oxygen atoms in total. The number of esters is 1. The van der Waals surface area contributed by atoms with Gasteiger partial charge in [0.25, 0.3) is 0 Å². The summed E-state index contributed by atoms with van der Waals surface area (Å²) in [7, 11) is 1.37. The molecule has 0 atom stereocenters. The van der Waals surface area contributed by atoms with Crippen molar-refractivity contribution >= 4 is 5.97 Å². The Bertz CT molecular complexity index is 1140. The second kappa shape index (κ2) is 7.76. The molecule has 0 aliphatic heterocycles. The smallest absolute Gasteiger partial charge is 0.358 e. The van der Waals surface area contributed by atoms with Gasteiger partial charge in [-0.3, -0.25) is 4.57 Å². The summed E-state index contributed by atoms with van der Waals surface area (Å²) < 4.78 is 6.89. The van der Waals surface area contributed by atoms with E-state index in [1.54, 1.807) is 6.20 Å². The van der Waals surface area contributed by atoms with Crippen LogP contribution in [0.2, 0.25) is 0 Å². The van der Waals surface area contributed by atoms with E-state index < -0.39 is 5.97 Å². The van der Waals surface area contributed by atoms with Crippen molar-refractivity contribution in [2.45, 2.75) is 13.8 Å². The van der Waals surface area contributed by atoms with E-state index in [-0.39, 0.29) is 5.69 Å². The summed E-state index contributed by atoms with van der Waals surface area (Å²) in [4.78, 5) is 16.7. The largest absolute Gasteiger partial charge is 0.464 e. The van der Waals surface area contributed by atoms with Crippen molar-refractivity contribution in [2.24, 2.45) is 0 Å². The molecule has 0 aliphatic rings. The standard InChI is InChI=1S/C25H22N2O2/c1-17-14-21(19-10-6-4-7-11-19)15-18(2)23(17)27-16-22(25(28)29-3)26-24(27)20-12-8-5-9-13-20/h4-16H,1-3H3. The van der Waals surface area contributed by atoms with Gasteiger partial charge in [-0.25, -0.2) is 9.78 Å². The number of benzene rings is 3. The molecule has 0 saturated heterocycles. The Labute approximate surface area is 170 Å². The molecule has 1 heterocycles. The SMILES string of the molecule is COC(=O)c1cn(-c2c(C)cc(-c3ccccc3)cc2C)c(-c2ccccc2)n1. The highest BCUT2D eigenvalue weighted by molar-refractivity contribution is 5.88. The van der Waals surface area contributed by atoms with Crippen molar-refractivity contribution in [1.82, 2.24) is 9.55 Å². The highest BCUT2D eigenvalue weighted by Gasteiger charge is 2.19. The quantitative estimate of drug-likeness (QED) is 0.431. The van der Waals surface area contributed by atoms with E-state index in [2.05, 4.69) is 43.1 Å². The Morgan fingerprint density at radius 2 is 1.38 bits per heavy atom. The fraction of sp³-hybridized carbons (Fsp3) is 0.120. The molecule has 0 N–H and O–H groups in total. The summed E-state index contributed by atoms with van der Waals surface area (Å²) in [5, 5.41) is 0. The van der Waals surface area contributed by atoms with Gasteiger partial charge in [-0.15, -0.1) is 0 Å². The number of rotatable bonds is 4. The molecule has 0 radical (unpaired) electrons. The predicted molar refractivity (Wildman–Crippen MR) is 115 cm³/mol. The number of carbonyl (C=O) groups is 1. The van der Waals surface area contributed by atoms with Gasteiger partial charge in [0.05, 0.1) is 12.8 Å². The summed E-state index contributed by atoms with van der Waals surface area (Å²) in [5.41, 5.74) is 6.80. The Balaban J connectivity index is 1.90. The number of imidazole rings is 1. The van der Waals surface area contributed by atoms with E-state index in [0.717, 1.165) is 22.4 Å². The highest BCUT2D eigenvalue weighted by Crippen LogP contribution is 2.31. The third-order valence-electron chi connectivity index (χ3n) is 4.97. The molecule has 0 bridgehead atoms. The fourth-order valence-corrected chi connectivity index (χ4v) is 3.68. The summed E-state index contributed by atoms with van der Waals surface area (Å²) in [6.07, 6.45) is 1.76. The maximum atomic E-state index is 12.2. The average molecular weight is 382 g/mol. The molecule has 0 fully saturated rings. The summed E-state index contributed by atoms with van der Waals surface area (Å²) in [6.45, 7) is 4.17. The van der Waals surface area contributed by atoms with Gasteiger partial charge in [-0.1, -0.05) is 60.7 Å². The zero-order valence-electron chi connectivity index (χ0n) is 16.7. The van der Waals surface area contributed by atoms with E-state index in [4.69, 9.17) is 4.74 Å². The van der Waals surface area contributed by atoms with Crippen LogP contribution in [-0.4, -0.2) is 22.6 Å². The van der Waals surface area contributed by atoms with Crippen molar-refractivity contribution in [3.63, 3.8) is 0 Å². The molecular weight excluding hydrogens is 360 g/mol. The van der Waals surface area contributed by atoms with Crippen LogP contribution < -0.4 is 0 Å². The lowest BCUT2D eigenvalue weighted by Crippen LogP contribution is -2.02. The van der Waals surface area contributed by atoms with Crippen molar-refractivity contribution in [1.29, 1.82) is 0 Å². The number of nitrogens with zero attached hydrogens (tertiary/aromatic N) is 2. The first kappa shape index (κ1) is 18.7. The molecule has 0 aliphatic carbocycles. The minimum atomic E-state index is -0.447. The topological polar surface area (TPSA) is 44.1 Å². The van der Waals surface area contributed by atoms with Gasteiger partial charge in [0, 0.05) is 11.8 Å². The van der Waals surface area contributed by atoms with E-state index in [1.165, 1.54) is 18.2 Å². The second-order valence-corrected chi connectivity index (χ2v) is 7.00. The van der Waals surface area contributed by atoms with Crippen LogP contribution in [0.1, 0.15) is 21.6 Å². The average Bonchev–Trinajstić information content (AvgIpc) is 3.19. The summed E-state index contributed by atoms with van der Waals surface area (Å²) in [5.74, 6) is 0.266. The number of hydrogen-bond donors (Lipinski definition) is 0. The Morgan fingerprint density at radius 3 is 1.93 bits per heavy atom. The van der Waals surface area contributed by atoms with Crippen LogP contribution in [0.5, 0.6) is 0 Å². The number of hydrogen-bond acceptors (Lipinski definition) is 3. The third-order valence-corrected chi connectivity index (χ3v) is 4.97. The minimum absolute atomic E-state index is 0.289. The monoisotopic (exact) mass is 382 g/mol. The van der Waals surface area contributed by atoms with E-state index in [0.29, 0.717) is 5.82 Å². The number of carbonyl (C=O) groups excluding carboxylic acids is 1. The first-order valence-corrected chi connectivity index (χ1v) is 9.48. The first-order chi connectivity index (χ1) is 14.1. The van der Waals surface area contributed by atoms with E-state index in [9.17, 15) is 4.79 Å². The Kier molecular flexibility index (Phi) is 5.00. The second-order valence-electron chi connectivity index (χ2n) is 7.00. The maximum Gasteiger partial charge on any atom is 0.358 e. The molecule has 144 valence electrons. The number of aromatic nitrogens is 2. The Morgan fingerprint density at radius 1 is 0.828 bits per heavy atom. The molecule has 3 aromatic carbocycles. The van der Waals surface area contributed by atoms with Crippen molar-refractivity contribution < 1.29 is 9.53 Å². The van der Waals surface area contributed by atoms with Gasteiger partial charge in [-0.2, -0.15) is 0 Å². The van der Waals surface area contributed by atoms with Crippen LogP contribution in [-0.2, 0) is 4.74 Å². The molecular formula is C25H22N2O2. The molecule has 0 amide bonds. The van der Waals surface area contributed by atoms with Crippen molar-refractivity contribution in [3.05, 3.63) is 95.8 Å². The fourth-order valence-electron chi connectivity index (χ4n) is 3.68. The van der Waals surface area contributed by atoms with Gasteiger partial charge in [0.2, 0.25) is 0 Å². The lowest BCUT2D eigenvalue weighted by atomic mass is 9.98. The third kappa shape index (κ3) is 3.57. The zero-order valence-corrected chi connectivity index (χ0v) is 16.7. The highest BCUT2D eigenvalue weighted by atomic mass is 16.5. The number of ether oxygens (including phenoxy) is 1. The maximum absolute atomic E-state index is 12.2. The summed E-state index contributed by atoms with van der Waals surface area (Å²) >= 11 is 0. The van der Waals surface area contributed by atoms with Gasteiger partial charge < -0.3 is 4.74 Å².